The average molecular weight is 459 g/mol. The molecular formula is C17H22IN3O4. The summed E-state index contributed by atoms with van der Waals surface area (Å²) >= 11 is 2.05. The molecule has 0 fully saturated rings. The van der Waals surface area contributed by atoms with E-state index in [4.69, 9.17) is 9.47 Å². The van der Waals surface area contributed by atoms with E-state index in [-0.39, 0.29) is 0 Å². The van der Waals surface area contributed by atoms with Gasteiger partial charge >= 0.3 is 12.2 Å². The van der Waals surface area contributed by atoms with Gasteiger partial charge in [0.1, 0.15) is 17.0 Å². The minimum absolute atomic E-state index is 0.347. The van der Waals surface area contributed by atoms with E-state index in [0.29, 0.717) is 20.6 Å². The number of ether oxygens (including phenoxy) is 2. The molecule has 0 aromatic carbocycles. The Hall–Kier alpha value is -1.84. The smallest absolute Gasteiger partial charge is 0.419 e. The predicted molar refractivity (Wildman–Crippen MR) is 104 cm³/mol. The van der Waals surface area contributed by atoms with Gasteiger partial charge in [0.15, 0.2) is 0 Å². The van der Waals surface area contributed by atoms with Crippen LogP contribution in [0.4, 0.5) is 15.4 Å². The second kappa shape index (κ2) is 6.81. The maximum absolute atomic E-state index is 12.4. The van der Waals surface area contributed by atoms with E-state index in [1.807, 2.05) is 43.4 Å². The molecule has 1 amide bonds. The molecule has 0 spiro atoms. The van der Waals surface area contributed by atoms with E-state index in [9.17, 15) is 9.59 Å². The van der Waals surface area contributed by atoms with Gasteiger partial charge in [0.25, 0.3) is 0 Å². The number of hydrogen-bond donors (Lipinski definition) is 1. The lowest BCUT2D eigenvalue weighted by Gasteiger charge is -2.20. The summed E-state index contributed by atoms with van der Waals surface area (Å²) in [4.78, 5) is 28.6. The van der Waals surface area contributed by atoms with Crippen LogP contribution in [0.15, 0.2) is 18.2 Å². The standard InChI is InChI=1S/C17H22IN3O4/c1-16(2,3)24-14(22)20-13-8-7-11-10(19-13)9-12(18)21(11)15(23)25-17(4,5)6/h7-9H,1-6H3,(H,19,20,22). The van der Waals surface area contributed by atoms with E-state index in [0.717, 1.165) is 0 Å². The fourth-order valence-corrected chi connectivity index (χ4v) is 2.78. The molecule has 2 rings (SSSR count). The van der Waals surface area contributed by atoms with Crippen LogP contribution in [-0.2, 0) is 9.47 Å². The van der Waals surface area contributed by atoms with Crippen LogP contribution < -0.4 is 5.32 Å². The van der Waals surface area contributed by atoms with Crippen molar-refractivity contribution in [2.24, 2.45) is 0 Å². The molecule has 0 unspecified atom stereocenters. The van der Waals surface area contributed by atoms with Crippen LogP contribution in [0.1, 0.15) is 41.5 Å². The van der Waals surface area contributed by atoms with E-state index in [1.165, 1.54) is 4.57 Å². The van der Waals surface area contributed by atoms with Gasteiger partial charge in [-0.3, -0.25) is 5.32 Å². The molecule has 7 nitrogen and oxygen atoms in total. The molecule has 8 heteroatoms. The summed E-state index contributed by atoms with van der Waals surface area (Å²) in [5, 5.41) is 2.59. The molecule has 2 aromatic rings. The van der Waals surface area contributed by atoms with Gasteiger partial charge in [0, 0.05) is 0 Å². The Morgan fingerprint density at radius 3 is 2.24 bits per heavy atom. The number of amides is 1. The zero-order valence-electron chi connectivity index (χ0n) is 15.1. The lowest BCUT2D eigenvalue weighted by molar-refractivity contribution is 0.0539. The molecule has 0 radical (unpaired) electrons. The Labute approximate surface area is 160 Å². The van der Waals surface area contributed by atoms with Gasteiger partial charge in [-0.25, -0.2) is 19.1 Å². The number of pyridine rings is 1. The number of carbonyl (C=O) groups is 2. The van der Waals surface area contributed by atoms with Crippen molar-refractivity contribution in [1.29, 1.82) is 0 Å². The van der Waals surface area contributed by atoms with Gasteiger partial charge in [-0.05, 0) is 82.3 Å². The molecule has 2 aromatic heterocycles. The molecule has 2 heterocycles. The summed E-state index contributed by atoms with van der Waals surface area (Å²) in [6.45, 7) is 10.8. The van der Waals surface area contributed by atoms with Crippen molar-refractivity contribution >= 4 is 51.6 Å². The van der Waals surface area contributed by atoms with Crippen LogP contribution in [0.25, 0.3) is 11.0 Å². The van der Waals surface area contributed by atoms with Crippen LogP contribution in [-0.4, -0.2) is 32.9 Å². The van der Waals surface area contributed by atoms with Gasteiger partial charge < -0.3 is 9.47 Å². The average Bonchev–Trinajstić information content (AvgIpc) is 2.69. The Kier molecular flexibility index (Phi) is 5.31. The fraction of sp³-hybridized carbons (Fsp3) is 0.471. The van der Waals surface area contributed by atoms with E-state index in [2.05, 4.69) is 10.3 Å². The summed E-state index contributed by atoms with van der Waals surface area (Å²) in [7, 11) is 0. The molecule has 25 heavy (non-hydrogen) atoms. The molecule has 1 N–H and O–H groups in total. The van der Waals surface area contributed by atoms with Crippen molar-refractivity contribution in [3.8, 4) is 0 Å². The third-order valence-electron chi connectivity index (χ3n) is 2.82. The number of carbonyl (C=O) groups excluding carboxylic acids is 2. The minimum atomic E-state index is -0.595. The van der Waals surface area contributed by atoms with Crippen molar-refractivity contribution in [1.82, 2.24) is 9.55 Å². The van der Waals surface area contributed by atoms with E-state index in [1.54, 1.807) is 39.0 Å². The molecule has 136 valence electrons. The normalized spacial score (nSPS) is 12.1. The second-order valence-electron chi connectivity index (χ2n) is 7.51. The number of nitrogens with zero attached hydrogens (tertiary/aromatic N) is 2. The van der Waals surface area contributed by atoms with Crippen molar-refractivity contribution in [3.63, 3.8) is 0 Å². The zero-order valence-corrected chi connectivity index (χ0v) is 17.3. The highest BCUT2D eigenvalue weighted by atomic mass is 127. The number of anilines is 1. The van der Waals surface area contributed by atoms with Crippen LogP contribution in [0, 0.1) is 3.70 Å². The molecule has 0 aliphatic heterocycles. The molecule has 0 aliphatic carbocycles. The first-order valence-electron chi connectivity index (χ1n) is 7.77. The Morgan fingerprint density at radius 1 is 1.08 bits per heavy atom. The summed E-state index contributed by atoms with van der Waals surface area (Å²) in [5.41, 5.74) is -0.0105. The fourth-order valence-electron chi connectivity index (χ4n) is 2.03. The van der Waals surface area contributed by atoms with Gasteiger partial charge in [-0.15, -0.1) is 0 Å². The SMILES string of the molecule is CC(C)(C)OC(=O)Nc1ccc2c(cc(I)n2C(=O)OC(C)(C)C)n1. The lowest BCUT2D eigenvalue weighted by atomic mass is 10.2. The zero-order chi connectivity index (χ0) is 19.0. The lowest BCUT2D eigenvalue weighted by Crippen LogP contribution is -2.28. The minimum Gasteiger partial charge on any atom is -0.444 e. The number of hydrogen-bond acceptors (Lipinski definition) is 5. The van der Waals surface area contributed by atoms with Crippen LogP contribution >= 0.6 is 22.6 Å². The van der Waals surface area contributed by atoms with Crippen molar-refractivity contribution in [2.45, 2.75) is 52.7 Å². The first kappa shape index (κ1) is 19.5. The van der Waals surface area contributed by atoms with E-state index < -0.39 is 23.4 Å². The summed E-state index contributed by atoms with van der Waals surface area (Å²) in [6, 6.07) is 5.07. The largest absolute Gasteiger partial charge is 0.444 e. The Morgan fingerprint density at radius 2 is 1.68 bits per heavy atom. The van der Waals surface area contributed by atoms with E-state index >= 15 is 0 Å². The number of aromatic nitrogens is 2. The molecule has 0 bridgehead atoms. The van der Waals surface area contributed by atoms with Gasteiger partial charge in [0.05, 0.1) is 14.7 Å². The molecule has 0 saturated carbocycles. The van der Waals surface area contributed by atoms with Crippen molar-refractivity contribution in [3.05, 3.63) is 21.9 Å². The Bertz CT molecular complexity index is 816. The number of rotatable bonds is 1. The second-order valence-corrected chi connectivity index (χ2v) is 8.62. The highest BCUT2D eigenvalue weighted by molar-refractivity contribution is 14.1. The first-order chi connectivity index (χ1) is 11.4. The quantitative estimate of drug-likeness (QED) is 0.622. The van der Waals surface area contributed by atoms with Crippen molar-refractivity contribution < 1.29 is 19.1 Å². The summed E-state index contributed by atoms with van der Waals surface area (Å²) in [6.07, 6.45) is -1.05. The van der Waals surface area contributed by atoms with Crippen LogP contribution in [0.3, 0.4) is 0 Å². The maximum Gasteiger partial charge on any atom is 0.419 e. The van der Waals surface area contributed by atoms with Gasteiger partial charge in [-0.2, -0.15) is 0 Å². The van der Waals surface area contributed by atoms with Crippen LogP contribution in [0.2, 0.25) is 0 Å². The summed E-state index contributed by atoms with van der Waals surface area (Å²) in [5.74, 6) is 0.347. The first-order valence-corrected chi connectivity index (χ1v) is 8.85. The monoisotopic (exact) mass is 459 g/mol. The highest BCUT2D eigenvalue weighted by Crippen LogP contribution is 2.23. The topological polar surface area (TPSA) is 82.5 Å². The van der Waals surface area contributed by atoms with Gasteiger partial charge in [-0.1, -0.05) is 0 Å². The van der Waals surface area contributed by atoms with Crippen LogP contribution in [0.5, 0.6) is 0 Å². The molecule has 0 aliphatic rings. The molecule has 0 saturated heterocycles. The highest BCUT2D eigenvalue weighted by Gasteiger charge is 2.22. The third-order valence-corrected chi connectivity index (χ3v) is 3.61. The number of fused-ring (bicyclic) bond motifs is 1. The maximum atomic E-state index is 12.4. The Balaban J connectivity index is 2.28. The molecular weight excluding hydrogens is 437 g/mol. The number of nitrogens with one attached hydrogen (secondary N) is 1. The molecule has 0 atom stereocenters. The van der Waals surface area contributed by atoms with Gasteiger partial charge in [0.2, 0.25) is 0 Å². The summed E-state index contributed by atoms with van der Waals surface area (Å²) < 4.78 is 12.7. The predicted octanol–water partition coefficient (Wildman–Crippen LogP) is 4.77. The third kappa shape index (κ3) is 5.32. The number of halogens is 1. The van der Waals surface area contributed by atoms with Crippen molar-refractivity contribution in [2.75, 3.05) is 5.32 Å².